The molecule has 222 valence electrons. The highest BCUT2D eigenvalue weighted by molar-refractivity contribution is 5.76. The van der Waals surface area contributed by atoms with Gasteiger partial charge in [-0.1, -0.05) is 0 Å². The van der Waals surface area contributed by atoms with Gasteiger partial charge in [-0.15, -0.1) is 0 Å². The third kappa shape index (κ3) is 5.60. The fourth-order valence-corrected chi connectivity index (χ4v) is 6.93. The predicted octanol–water partition coefficient (Wildman–Crippen LogP) is 3.79. The Morgan fingerprint density at radius 3 is 2.38 bits per heavy atom. The van der Waals surface area contributed by atoms with E-state index in [0.717, 1.165) is 82.6 Å². The van der Waals surface area contributed by atoms with Crippen LogP contribution in [0.5, 0.6) is 0 Å². The van der Waals surface area contributed by atoms with E-state index in [1.54, 1.807) is 16.0 Å². The van der Waals surface area contributed by atoms with Crippen molar-refractivity contribution >= 4 is 35.1 Å². The van der Waals surface area contributed by atoms with Crippen molar-refractivity contribution in [3.63, 3.8) is 0 Å². The van der Waals surface area contributed by atoms with Gasteiger partial charge in [0, 0.05) is 70.8 Å². The van der Waals surface area contributed by atoms with Crippen LogP contribution >= 0.6 is 0 Å². The number of aromatic nitrogens is 2. The molecule has 4 saturated heterocycles. The number of likely N-dealkylation sites (tertiary alicyclic amines) is 1. The highest BCUT2D eigenvalue weighted by Crippen LogP contribution is 2.42. The fraction of sp³-hybridized carbons (Fsp3) is 0.567. The fourth-order valence-electron chi connectivity index (χ4n) is 6.93. The van der Waals surface area contributed by atoms with Crippen LogP contribution in [0.15, 0.2) is 30.5 Å². The van der Waals surface area contributed by atoms with Gasteiger partial charge in [0.2, 0.25) is 0 Å². The van der Waals surface area contributed by atoms with Crippen molar-refractivity contribution in [3.05, 3.63) is 36.2 Å². The summed E-state index contributed by atoms with van der Waals surface area (Å²) in [5.74, 6) is 1.13. The van der Waals surface area contributed by atoms with Gasteiger partial charge in [0.25, 0.3) is 0 Å². The number of nitrogens with one attached hydrogen (secondary N) is 1. The number of rotatable bonds is 5. The molecule has 0 aliphatic carbocycles. The molecule has 3 amide bonds. The minimum absolute atomic E-state index is 0.0868. The molecule has 4 fully saturated rings. The number of benzene rings is 1. The Morgan fingerprint density at radius 2 is 1.74 bits per heavy atom. The SMILES string of the molecule is CN1CCN(C2CCCN(c3cnc(C#N)c(Nc4ccc(N5CCC6(CCN(C(=O)O)CC6)CC5)cc4)n3)C2)C1=O. The summed E-state index contributed by atoms with van der Waals surface area (Å²) in [4.78, 5) is 42.9. The van der Waals surface area contributed by atoms with Crippen LogP contribution in [-0.2, 0) is 0 Å². The molecule has 12 nitrogen and oxygen atoms in total. The van der Waals surface area contributed by atoms with Gasteiger partial charge in [-0.25, -0.2) is 19.6 Å². The van der Waals surface area contributed by atoms with Gasteiger partial charge in [-0.3, -0.25) is 0 Å². The number of hydrogen-bond donors (Lipinski definition) is 2. The highest BCUT2D eigenvalue weighted by Gasteiger charge is 2.39. The summed E-state index contributed by atoms with van der Waals surface area (Å²) in [6, 6.07) is 10.6. The lowest BCUT2D eigenvalue weighted by Gasteiger charge is -2.46. The zero-order valence-electron chi connectivity index (χ0n) is 24.2. The molecule has 12 heteroatoms. The molecule has 4 aliphatic rings. The first-order valence-corrected chi connectivity index (χ1v) is 15.0. The maximum Gasteiger partial charge on any atom is 0.407 e. The van der Waals surface area contributed by atoms with Crippen LogP contribution in [0.1, 0.15) is 44.2 Å². The number of carbonyl (C=O) groups excluding carboxylic acids is 1. The number of anilines is 4. The molecule has 0 saturated carbocycles. The van der Waals surface area contributed by atoms with E-state index in [1.165, 1.54) is 0 Å². The van der Waals surface area contributed by atoms with E-state index < -0.39 is 6.09 Å². The minimum atomic E-state index is -0.806. The summed E-state index contributed by atoms with van der Waals surface area (Å²) in [5.41, 5.74) is 2.48. The molecule has 1 aromatic heterocycles. The van der Waals surface area contributed by atoms with E-state index in [9.17, 15) is 20.0 Å². The topological polar surface area (TPSA) is 132 Å². The van der Waals surface area contributed by atoms with Crippen molar-refractivity contribution in [2.24, 2.45) is 5.41 Å². The average Bonchev–Trinajstić information content (AvgIpc) is 3.36. The first kappa shape index (κ1) is 27.9. The number of hydrogen-bond acceptors (Lipinski definition) is 8. The van der Waals surface area contributed by atoms with E-state index >= 15 is 0 Å². The summed E-state index contributed by atoms with van der Waals surface area (Å²) >= 11 is 0. The molecule has 6 rings (SSSR count). The van der Waals surface area contributed by atoms with Crippen LogP contribution in [0.4, 0.5) is 32.6 Å². The lowest BCUT2D eigenvalue weighted by atomic mass is 9.71. The summed E-state index contributed by atoms with van der Waals surface area (Å²) in [6.07, 6.45) is 6.83. The minimum Gasteiger partial charge on any atom is -0.465 e. The Bertz CT molecular complexity index is 1340. The van der Waals surface area contributed by atoms with Gasteiger partial charge in [0.1, 0.15) is 11.9 Å². The van der Waals surface area contributed by atoms with Gasteiger partial charge < -0.3 is 34.9 Å². The third-order valence-corrected chi connectivity index (χ3v) is 9.69. The van der Waals surface area contributed by atoms with Gasteiger partial charge in [-0.05, 0) is 68.2 Å². The third-order valence-electron chi connectivity index (χ3n) is 9.69. The van der Waals surface area contributed by atoms with Crippen molar-refractivity contribution < 1.29 is 14.7 Å². The van der Waals surface area contributed by atoms with Crippen LogP contribution in [0.2, 0.25) is 0 Å². The van der Waals surface area contributed by atoms with Crippen LogP contribution < -0.4 is 15.1 Å². The van der Waals surface area contributed by atoms with Crippen molar-refractivity contribution in [2.45, 2.75) is 44.6 Å². The van der Waals surface area contributed by atoms with Crippen molar-refractivity contribution in [1.82, 2.24) is 24.7 Å². The van der Waals surface area contributed by atoms with E-state index in [-0.39, 0.29) is 23.2 Å². The Kier molecular flexibility index (Phi) is 7.66. The molecular weight excluding hydrogens is 534 g/mol. The number of piperidine rings is 3. The number of carboxylic acid groups (broad SMARTS) is 1. The number of nitriles is 1. The number of likely N-dealkylation sites (N-methyl/N-ethyl adjacent to an activating group) is 1. The molecular formula is C30H39N9O3. The molecule has 1 atom stereocenters. The van der Waals surface area contributed by atoms with E-state index in [1.807, 2.05) is 24.1 Å². The highest BCUT2D eigenvalue weighted by atomic mass is 16.4. The molecule has 1 aromatic carbocycles. The normalized spacial score (nSPS) is 22.4. The molecule has 1 unspecified atom stereocenters. The Labute approximate surface area is 246 Å². The summed E-state index contributed by atoms with van der Waals surface area (Å²) in [7, 11) is 1.84. The summed E-state index contributed by atoms with van der Waals surface area (Å²) < 4.78 is 0. The quantitative estimate of drug-likeness (QED) is 0.548. The van der Waals surface area contributed by atoms with E-state index in [0.29, 0.717) is 31.3 Å². The first-order chi connectivity index (χ1) is 20.3. The lowest BCUT2D eigenvalue weighted by Crippen LogP contribution is -2.49. The van der Waals surface area contributed by atoms with Crippen LogP contribution in [0, 0.1) is 16.7 Å². The monoisotopic (exact) mass is 573 g/mol. The van der Waals surface area contributed by atoms with Crippen LogP contribution in [-0.4, -0.2) is 107 Å². The van der Waals surface area contributed by atoms with Gasteiger partial charge in [-0.2, -0.15) is 5.26 Å². The van der Waals surface area contributed by atoms with Gasteiger partial charge >= 0.3 is 12.1 Å². The molecule has 2 N–H and O–H groups in total. The smallest absolute Gasteiger partial charge is 0.407 e. The first-order valence-electron chi connectivity index (χ1n) is 15.0. The molecule has 4 aliphatic heterocycles. The lowest BCUT2D eigenvalue weighted by molar-refractivity contribution is 0.0736. The molecule has 2 aromatic rings. The second-order valence-corrected chi connectivity index (χ2v) is 12.1. The summed E-state index contributed by atoms with van der Waals surface area (Å²) in [6.45, 7) is 6.23. The maximum absolute atomic E-state index is 12.6. The summed E-state index contributed by atoms with van der Waals surface area (Å²) in [5, 5.41) is 22.3. The van der Waals surface area contributed by atoms with Gasteiger partial charge in [0.15, 0.2) is 11.5 Å². The Hall–Kier alpha value is -4.27. The largest absolute Gasteiger partial charge is 0.465 e. The molecule has 1 spiro atoms. The van der Waals surface area contributed by atoms with Crippen molar-refractivity contribution in [2.75, 3.05) is 74.5 Å². The standard InChI is InChI=1S/C30H39N9O3/c1-35-17-18-39(28(35)40)24-3-2-12-38(21-24)26-20-32-25(19-31)27(34-26)33-22-4-6-23(7-5-22)36-13-8-30(9-14-36)10-15-37(16-11-30)29(41)42/h4-7,20,24H,2-3,8-18,21H2,1H3,(H,33,34)(H,41,42). The second-order valence-electron chi connectivity index (χ2n) is 12.1. The van der Waals surface area contributed by atoms with Crippen molar-refractivity contribution in [3.8, 4) is 6.07 Å². The van der Waals surface area contributed by atoms with E-state index in [2.05, 4.69) is 38.3 Å². The average molecular weight is 574 g/mol. The second kappa shape index (κ2) is 11.5. The number of amides is 3. The number of urea groups is 1. The van der Waals surface area contributed by atoms with Gasteiger partial charge in [0.05, 0.1) is 12.2 Å². The molecule has 0 radical (unpaired) electrons. The maximum atomic E-state index is 12.6. The zero-order valence-corrected chi connectivity index (χ0v) is 24.2. The predicted molar refractivity (Wildman–Crippen MR) is 159 cm³/mol. The molecule has 0 bridgehead atoms. The van der Waals surface area contributed by atoms with Crippen LogP contribution in [0.3, 0.4) is 0 Å². The number of carbonyl (C=O) groups is 2. The van der Waals surface area contributed by atoms with E-state index in [4.69, 9.17) is 4.98 Å². The Balaban J connectivity index is 1.08. The van der Waals surface area contributed by atoms with Crippen molar-refractivity contribution in [1.29, 1.82) is 5.26 Å². The Morgan fingerprint density at radius 1 is 1.02 bits per heavy atom. The molecule has 5 heterocycles. The van der Waals surface area contributed by atoms with Crippen LogP contribution in [0.25, 0.3) is 0 Å². The molecule has 42 heavy (non-hydrogen) atoms. The number of nitrogens with zero attached hydrogens (tertiary/aromatic N) is 8. The zero-order chi connectivity index (χ0) is 29.3.